The van der Waals surface area contributed by atoms with Gasteiger partial charge in [0.2, 0.25) is 11.8 Å². The summed E-state index contributed by atoms with van der Waals surface area (Å²) in [4.78, 5) is 25.5. The summed E-state index contributed by atoms with van der Waals surface area (Å²) < 4.78 is 6.60. The molecule has 1 aliphatic heterocycles. The number of benzene rings is 1. The predicted octanol–water partition coefficient (Wildman–Crippen LogP) is 1.81. The lowest BCUT2D eigenvalue weighted by atomic mass is 10.1. The number of morpholine rings is 1. The maximum absolute atomic E-state index is 12.3. The van der Waals surface area contributed by atoms with Gasteiger partial charge in [-0.3, -0.25) is 9.59 Å². The van der Waals surface area contributed by atoms with E-state index in [1.807, 2.05) is 12.1 Å². The molecule has 0 bridgehead atoms. The van der Waals surface area contributed by atoms with Crippen molar-refractivity contribution in [2.75, 3.05) is 26.3 Å². The minimum absolute atomic E-state index is 0.0859. The van der Waals surface area contributed by atoms with Gasteiger partial charge in [-0.25, -0.2) is 0 Å². The third kappa shape index (κ3) is 3.54. The molecule has 0 aliphatic carbocycles. The van der Waals surface area contributed by atoms with Crippen LogP contribution in [0, 0.1) is 0 Å². The van der Waals surface area contributed by atoms with E-state index in [4.69, 9.17) is 4.74 Å². The average molecular weight is 332 g/mol. The fourth-order valence-electron chi connectivity index (χ4n) is 2.86. The number of fused-ring (bicyclic) bond motifs is 1. The maximum Gasteiger partial charge on any atom is 0.245 e. The highest BCUT2D eigenvalue weighted by atomic mass is 32.1. The van der Waals surface area contributed by atoms with Crippen molar-refractivity contribution in [3.8, 4) is 0 Å². The minimum atomic E-state index is -0.513. The summed E-state index contributed by atoms with van der Waals surface area (Å²) in [7, 11) is 0. The molecule has 5 nitrogen and oxygen atoms in total. The van der Waals surface area contributed by atoms with Crippen LogP contribution >= 0.6 is 11.3 Å². The largest absolute Gasteiger partial charge is 0.377 e. The Balaban J connectivity index is 1.57. The Bertz CT molecular complexity index is 713. The highest BCUT2D eigenvalue weighted by Crippen LogP contribution is 2.25. The monoisotopic (exact) mass is 332 g/mol. The summed E-state index contributed by atoms with van der Waals surface area (Å²) in [5.74, 6) is -0.225. The SMILES string of the molecule is CC(=O)N1CCOC[C@H]1C(=O)NCCc1csc2ccccc12. The third-order valence-electron chi connectivity index (χ3n) is 4.09. The molecule has 122 valence electrons. The summed E-state index contributed by atoms with van der Waals surface area (Å²) >= 11 is 1.72. The maximum atomic E-state index is 12.3. The molecule has 1 N–H and O–H groups in total. The van der Waals surface area contributed by atoms with Crippen LogP contribution in [0.5, 0.6) is 0 Å². The Morgan fingerprint density at radius 2 is 2.22 bits per heavy atom. The van der Waals surface area contributed by atoms with Gasteiger partial charge in [0.1, 0.15) is 6.04 Å². The van der Waals surface area contributed by atoms with Gasteiger partial charge in [-0.05, 0) is 28.8 Å². The summed E-state index contributed by atoms with van der Waals surface area (Å²) in [6.45, 7) is 3.28. The molecule has 0 spiro atoms. The number of ether oxygens (including phenoxy) is 1. The van der Waals surface area contributed by atoms with Crippen molar-refractivity contribution in [2.24, 2.45) is 0 Å². The highest BCUT2D eigenvalue weighted by Gasteiger charge is 2.30. The number of nitrogens with one attached hydrogen (secondary N) is 1. The van der Waals surface area contributed by atoms with Gasteiger partial charge in [-0.1, -0.05) is 18.2 Å². The molecule has 6 heteroatoms. The zero-order chi connectivity index (χ0) is 16.2. The smallest absolute Gasteiger partial charge is 0.245 e. The standard InChI is InChI=1S/C17H20N2O3S/c1-12(20)19-8-9-22-10-15(19)17(21)18-7-6-13-11-23-16-5-3-2-4-14(13)16/h2-5,11,15H,6-10H2,1H3,(H,18,21)/t15-/m0/s1. The second-order valence-corrected chi connectivity index (χ2v) is 6.51. The summed E-state index contributed by atoms with van der Waals surface area (Å²) in [5, 5.41) is 6.32. The second kappa shape index (κ2) is 7.10. The molecule has 0 unspecified atom stereocenters. The molecule has 1 fully saturated rings. The Hall–Kier alpha value is -1.92. The molecule has 1 aromatic heterocycles. The van der Waals surface area contributed by atoms with Gasteiger partial charge in [0, 0.05) is 24.7 Å². The fourth-order valence-corrected chi connectivity index (χ4v) is 3.86. The molecule has 2 aromatic rings. The van der Waals surface area contributed by atoms with Crippen molar-refractivity contribution >= 4 is 33.2 Å². The van der Waals surface area contributed by atoms with Crippen molar-refractivity contribution < 1.29 is 14.3 Å². The predicted molar refractivity (Wildman–Crippen MR) is 90.5 cm³/mol. The Morgan fingerprint density at radius 1 is 1.39 bits per heavy atom. The number of rotatable bonds is 4. The lowest BCUT2D eigenvalue weighted by Crippen LogP contribution is -2.55. The fraction of sp³-hybridized carbons (Fsp3) is 0.412. The zero-order valence-corrected chi connectivity index (χ0v) is 13.9. The second-order valence-electron chi connectivity index (χ2n) is 5.60. The first kappa shape index (κ1) is 16.0. The molecule has 1 aromatic carbocycles. The first-order valence-corrected chi connectivity index (χ1v) is 8.62. The first-order chi connectivity index (χ1) is 11.2. The van der Waals surface area contributed by atoms with Crippen LogP contribution in [0.2, 0.25) is 0 Å². The average Bonchev–Trinajstić information content (AvgIpc) is 2.98. The normalized spacial score (nSPS) is 18.1. The zero-order valence-electron chi connectivity index (χ0n) is 13.1. The number of hydrogen-bond acceptors (Lipinski definition) is 4. The molecule has 23 heavy (non-hydrogen) atoms. The van der Waals surface area contributed by atoms with E-state index in [2.05, 4.69) is 22.8 Å². The van der Waals surface area contributed by atoms with Gasteiger partial charge in [-0.2, -0.15) is 0 Å². The molecule has 0 radical (unpaired) electrons. The van der Waals surface area contributed by atoms with E-state index in [0.717, 1.165) is 6.42 Å². The van der Waals surface area contributed by atoms with Crippen molar-refractivity contribution in [1.29, 1.82) is 0 Å². The molecule has 0 saturated carbocycles. The van der Waals surface area contributed by atoms with E-state index in [-0.39, 0.29) is 18.4 Å². The summed E-state index contributed by atoms with van der Waals surface area (Å²) in [6, 6.07) is 7.76. The molecule has 1 atom stereocenters. The summed E-state index contributed by atoms with van der Waals surface area (Å²) in [5.41, 5.74) is 1.24. The lowest BCUT2D eigenvalue weighted by molar-refractivity contribution is -0.146. The van der Waals surface area contributed by atoms with E-state index < -0.39 is 6.04 Å². The molecule has 2 heterocycles. The van der Waals surface area contributed by atoms with Crippen molar-refractivity contribution in [3.05, 3.63) is 35.2 Å². The number of hydrogen-bond donors (Lipinski definition) is 1. The van der Waals surface area contributed by atoms with Crippen molar-refractivity contribution in [3.63, 3.8) is 0 Å². The number of amides is 2. The van der Waals surface area contributed by atoms with Crippen molar-refractivity contribution in [1.82, 2.24) is 10.2 Å². The molecule has 3 rings (SSSR count). The quantitative estimate of drug-likeness (QED) is 0.929. The van der Waals surface area contributed by atoms with E-state index in [1.165, 1.54) is 22.6 Å². The third-order valence-corrected chi connectivity index (χ3v) is 5.10. The van der Waals surface area contributed by atoms with Crippen LogP contribution in [0.25, 0.3) is 10.1 Å². The number of thiophene rings is 1. The van der Waals surface area contributed by atoms with Crippen LogP contribution in [0.3, 0.4) is 0 Å². The van der Waals surface area contributed by atoms with Gasteiger partial charge in [0.15, 0.2) is 0 Å². The molecular formula is C17H20N2O3S. The molecule has 1 aliphatic rings. The van der Waals surface area contributed by atoms with Crippen molar-refractivity contribution in [2.45, 2.75) is 19.4 Å². The van der Waals surface area contributed by atoms with Gasteiger partial charge >= 0.3 is 0 Å². The molecular weight excluding hydrogens is 312 g/mol. The van der Waals surface area contributed by atoms with Crippen LogP contribution in [0.15, 0.2) is 29.6 Å². The summed E-state index contributed by atoms with van der Waals surface area (Å²) in [6.07, 6.45) is 0.781. The molecule has 2 amide bonds. The lowest BCUT2D eigenvalue weighted by Gasteiger charge is -2.33. The van der Waals surface area contributed by atoms with Gasteiger partial charge < -0.3 is 15.0 Å². The van der Waals surface area contributed by atoms with Crippen LogP contribution in [0.1, 0.15) is 12.5 Å². The first-order valence-electron chi connectivity index (χ1n) is 7.74. The molecule has 1 saturated heterocycles. The van der Waals surface area contributed by atoms with E-state index in [0.29, 0.717) is 19.7 Å². The van der Waals surface area contributed by atoms with Crippen LogP contribution in [-0.4, -0.2) is 49.1 Å². The van der Waals surface area contributed by atoms with Gasteiger partial charge in [0.05, 0.1) is 13.2 Å². The van der Waals surface area contributed by atoms with Crippen LogP contribution in [0.4, 0.5) is 0 Å². The Kier molecular flexibility index (Phi) is 4.93. The van der Waals surface area contributed by atoms with E-state index in [1.54, 1.807) is 16.2 Å². The van der Waals surface area contributed by atoms with Crippen LogP contribution in [-0.2, 0) is 20.7 Å². The number of carbonyl (C=O) groups is 2. The van der Waals surface area contributed by atoms with E-state index >= 15 is 0 Å². The van der Waals surface area contributed by atoms with Gasteiger partial charge in [-0.15, -0.1) is 11.3 Å². The topological polar surface area (TPSA) is 58.6 Å². The Morgan fingerprint density at radius 3 is 3.04 bits per heavy atom. The Labute approximate surface area is 139 Å². The number of carbonyl (C=O) groups excluding carboxylic acids is 2. The minimum Gasteiger partial charge on any atom is -0.377 e. The van der Waals surface area contributed by atoms with E-state index in [9.17, 15) is 9.59 Å². The van der Waals surface area contributed by atoms with Gasteiger partial charge in [0.25, 0.3) is 0 Å². The number of nitrogens with zero attached hydrogens (tertiary/aromatic N) is 1. The highest BCUT2D eigenvalue weighted by molar-refractivity contribution is 7.17. The van der Waals surface area contributed by atoms with Crippen LogP contribution < -0.4 is 5.32 Å².